The number of hydrogen-bond donors (Lipinski definition) is 1. The zero-order chi connectivity index (χ0) is 14.8. The molecule has 1 atom stereocenters. The standard InChI is InChI=1S/C15H20F3NO/c1-3-19-13(9-15(20-2)5-4-6-15)14-11(17)7-10(16)8-12(14)18/h7-8,13,19H,3-6,9H2,1-2H3. The van der Waals surface area contributed by atoms with Crippen molar-refractivity contribution in [3.8, 4) is 0 Å². The monoisotopic (exact) mass is 287 g/mol. The summed E-state index contributed by atoms with van der Waals surface area (Å²) in [5.41, 5.74) is -0.420. The summed E-state index contributed by atoms with van der Waals surface area (Å²) >= 11 is 0. The van der Waals surface area contributed by atoms with Gasteiger partial charge in [0, 0.05) is 30.8 Å². The summed E-state index contributed by atoms with van der Waals surface area (Å²) in [5.74, 6) is -2.60. The van der Waals surface area contributed by atoms with E-state index in [1.165, 1.54) is 0 Å². The first-order valence-corrected chi connectivity index (χ1v) is 6.94. The lowest BCUT2D eigenvalue weighted by atomic mass is 9.74. The first-order valence-electron chi connectivity index (χ1n) is 6.94. The fourth-order valence-corrected chi connectivity index (χ4v) is 2.84. The van der Waals surface area contributed by atoms with Crippen LogP contribution in [0.5, 0.6) is 0 Å². The molecule has 0 amide bonds. The average Bonchev–Trinajstić information content (AvgIpc) is 2.32. The highest BCUT2D eigenvalue weighted by Crippen LogP contribution is 2.42. The molecule has 1 unspecified atom stereocenters. The highest BCUT2D eigenvalue weighted by Gasteiger charge is 2.40. The van der Waals surface area contributed by atoms with Gasteiger partial charge < -0.3 is 10.1 Å². The van der Waals surface area contributed by atoms with E-state index >= 15 is 0 Å². The SMILES string of the molecule is CCNC(CC1(OC)CCC1)c1c(F)cc(F)cc1F. The molecule has 0 aromatic heterocycles. The molecule has 0 radical (unpaired) electrons. The maximum absolute atomic E-state index is 13.9. The van der Waals surface area contributed by atoms with Crippen LogP contribution in [-0.4, -0.2) is 19.3 Å². The van der Waals surface area contributed by atoms with Gasteiger partial charge in [0.25, 0.3) is 0 Å². The van der Waals surface area contributed by atoms with E-state index in [4.69, 9.17) is 4.74 Å². The molecule has 2 nitrogen and oxygen atoms in total. The molecule has 2 rings (SSSR count). The molecule has 1 saturated carbocycles. The minimum atomic E-state index is -0.899. The number of benzene rings is 1. The lowest BCUT2D eigenvalue weighted by molar-refractivity contribution is -0.0840. The van der Waals surface area contributed by atoms with Crippen molar-refractivity contribution >= 4 is 0 Å². The van der Waals surface area contributed by atoms with Gasteiger partial charge in [-0.25, -0.2) is 13.2 Å². The molecule has 5 heteroatoms. The zero-order valence-electron chi connectivity index (χ0n) is 11.8. The Kier molecular flexibility index (Phi) is 4.70. The summed E-state index contributed by atoms with van der Waals surface area (Å²) in [6, 6.07) is 0.937. The minimum absolute atomic E-state index is 0.100. The second-order valence-corrected chi connectivity index (χ2v) is 5.34. The van der Waals surface area contributed by atoms with Crippen molar-refractivity contribution < 1.29 is 17.9 Å². The predicted molar refractivity (Wildman–Crippen MR) is 70.9 cm³/mol. The van der Waals surface area contributed by atoms with Gasteiger partial charge in [0.15, 0.2) is 0 Å². The Hall–Kier alpha value is -1.07. The smallest absolute Gasteiger partial charge is 0.133 e. The van der Waals surface area contributed by atoms with Crippen LogP contribution in [0.15, 0.2) is 12.1 Å². The average molecular weight is 287 g/mol. The fraction of sp³-hybridized carbons (Fsp3) is 0.600. The quantitative estimate of drug-likeness (QED) is 0.861. The maximum atomic E-state index is 13.9. The van der Waals surface area contributed by atoms with Crippen LogP contribution >= 0.6 is 0 Å². The van der Waals surface area contributed by atoms with Crippen molar-refractivity contribution in [2.75, 3.05) is 13.7 Å². The topological polar surface area (TPSA) is 21.3 Å². The molecular formula is C15H20F3NO. The summed E-state index contributed by atoms with van der Waals surface area (Å²) in [5, 5.41) is 3.08. The van der Waals surface area contributed by atoms with Crippen molar-refractivity contribution in [3.63, 3.8) is 0 Å². The third-order valence-electron chi connectivity index (χ3n) is 4.12. The fourth-order valence-electron chi connectivity index (χ4n) is 2.84. The Bertz CT molecular complexity index is 446. The van der Waals surface area contributed by atoms with Crippen molar-refractivity contribution in [2.24, 2.45) is 0 Å². The summed E-state index contributed by atoms with van der Waals surface area (Å²) in [6.07, 6.45) is 3.31. The first kappa shape index (κ1) is 15.3. The number of methoxy groups -OCH3 is 1. The highest BCUT2D eigenvalue weighted by atomic mass is 19.1. The second kappa shape index (κ2) is 6.14. The van der Waals surface area contributed by atoms with Crippen LogP contribution in [0.25, 0.3) is 0 Å². The Labute approximate surface area is 117 Å². The third kappa shape index (κ3) is 2.99. The molecule has 1 aromatic carbocycles. The Balaban J connectivity index is 2.29. The van der Waals surface area contributed by atoms with Crippen LogP contribution in [0.3, 0.4) is 0 Å². The van der Waals surface area contributed by atoms with Gasteiger partial charge in [-0.2, -0.15) is 0 Å². The third-order valence-corrected chi connectivity index (χ3v) is 4.12. The predicted octanol–water partition coefficient (Wildman–Crippen LogP) is 3.71. The van der Waals surface area contributed by atoms with Gasteiger partial charge in [0.1, 0.15) is 17.5 Å². The van der Waals surface area contributed by atoms with Crippen LogP contribution in [0.1, 0.15) is 44.2 Å². The van der Waals surface area contributed by atoms with Crippen molar-refractivity contribution in [1.29, 1.82) is 0 Å². The number of rotatable bonds is 6. The molecule has 20 heavy (non-hydrogen) atoms. The van der Waals surface area contributed by atoms with Gasteiger partial charge in [-0.3, -0.25) is 0 Å². The molecule has 0 heterocycles. The van der Waals surface area contributed by atoms with Crippen LogP contribution < -0.4 is 5.32 Å². The molecule has 0 saturated heterocycles. The van der Waals surface area contributed by atoms with Gasteiger partial charge in [-0.15, -0.1) is 0 Å². The van der Waals surface area contributed by atoms with Crippen LogP contribution in [0.4, 0.5) is 13.2 Å². The van der Waals surface area contributed by atoms with E-state index < -0.39 is 23.5 Å². The van der Waals surface area contributed by atoms with E-state index in [1.54, 1.807) is 7.11 Å². The minimum Gasteiger partial charge on any atom is -0.378 e. The molecule has 1 N–H and O–H groups in total. The molecule has 1 fully saturated rings. The lowest BCUT2D eigenvalue weighted by Gasteiger charge is -2.43. The normalized spacial score (nSPS) is 18.6. The van der Waals surface area contributed by atoms with Gasteiger partial charge in [0.05, 0.1) is 5.60 Å². The molecule has 0 spiro atoms. The van der Waals surface area contributed by atoms with E-state index in [0.29, 0.717) is 13.0 Å². The van der Waals surface area contributed by atoms with Gasteiger partial charge >= 0.3 is 0 Å². The molecule has 1 aromatic rings. The van der Waals surface area contributed by atoms with E-state index in [-0.39, 0.29) is 11.2 Å². The van der Waals surface area contributed by atoms with Crippen LogP contribution in [0, 0.1) is 17.5 Å². The Morgan fingerprint density at radius 1 is 1.25 bits per heavy atom. The molecule has 0 bridgehead atoms. The number of halogens is 3. The lowest BCUT2D eigenvalue weighted by Crippen LogP contribution is -2.43. The van der Waals surface area contributed by atoms with Gasteiger partial charge in [-0.1, -0.05) is 6.92 Å². The summed E-state index contributed by atoms with van der Waals surface area (Å²) in [6.45, 7) is 2.44. The van der Waals surface area contributed by atoms with E-state index in [0.717, 1.165) is 31.4 Å². The number of nitrogens with one attached hydrogen (secondary N) is 1. The van der Waals surface area contributed by atoms with Gasteiger partial charge in [-0.05, 0) is 32.2 Å². The largest absolute Gasteiger partial charge is 0.378 e. The molecule has 1 aliphatic carbocycles. The summed E-state index contributed by atoms with van der Waals surface area (Å²) in [7, 11) is 1.62. The van der Waals surface area contributed by atoms with Crippen LogP contribution in [0.2, 0.25) is 0 Å². The molecular weight excluding hydrogens is 267 g/mol. The second-order valence-electron chi connectivity index (χ2n) is 5.34. The zero-order valence-corrected chi connectivity index (χ0v) is 11.8. The van der Waals surface area contributed by atoms with E-state index in [9.17, 15) is 13.2 Å². The maximum Gasteiger partial charge on any atom is 0.133 e. The first-order chi connectivity index (χ1) is 9.51. The summed E-state index contributed by atoms with van der Waals surface area (Å²) < 4.78 is 46.4. The van der Waals surface area contributed by atoms with Crippen molar-refractivity contribution in [3.05, 3.63) is 35.1 Å². The number of hydrogen-bond acceptors (Lipinski definition) is 2. The van der Waals surface area contributed by atoms with Gasteiger partial charge in [0.2, 0.25) is 0 Å². The van der Waals surface area contributed by atoms with Crippen LogP contribution in [-0.2, 0) is 4.74 Å². The Morgan fingerprint density at radius 2 is 1.85 bits per heavy atom. The summed E-state index contributed by atoms with van der Waals surface area (Å²) in [4.78, 5) is 0. The van der Waals surface area contributed by atoms with Crippen molar-refractivity contribution in [1.82, 2.24) is 5.32 Å². The van der Waals surface area contributed by atoms with E-state index in [1.807, 2.05) is 6.92 Å². The Morgan fingerprint density at radius 3 is 2.25 bits per heavy atom. The highest BCUT2D eigenvalue weighted by molar-refractivity contribution is 5.25. The van der Waals surface area contributed by atoms with E-state index in [2.05, 4.69) is 5.32 Å². The number of ether oxygens (including phenoxy) is 1. The molecule has 112 valence electrons. The van der Waals surface area contributed by atoms with Crippen molar-refractivity contribution in [2.45, 2.75) is 44.2 Å². The molecule has 1 aliphatic rings. The molecule has 0 aliphatic heterocycles.